The van der Waals surface area contributed by atoms with Crippen molar-refractivity contribution < 1.29 is 18.7 Å². The monoisotopic (exact) mass is 462 g/mol. The number of benzene rings is 2. The highest BCUT2D eigenvalue weighted by Crippen LogP contribution is 2.27. The predicted octanol–water partition coefficient (Wildman–Crippen LogP) is 6.87. The Bertz CT molecular complexity index is 1100. The second-order valence-electron chi connectivity index (χ2n) is 9.71. The summed E-state index contributed by atoms with van der Waals surface area (Å²) in [4.78, 5) is 19.0. The fourth-order valence-corrected chi connectivity index (χ4v) is 4.03. The van der Waals surface area contributed by atoms with E-state index in [0.29, 0.717) is 17.4 Å². The van der Waals surface area contributed by atoms with Gasteiger partial charge in [0.2, 0.25) is 0 Å². The molecule has 0 saturated carbocycles. The molecule has 0 radical (unpaired) electrons. The molecule has 0 N–H and O–H groups in total. The van der Waals surface area contributed by atoms with Gasteiger partial charge in [-0.05, 0) is 107 Å². The van der Waals surface area contributed by atoms with E-state index in [4.69, 9.17) is 14.5 Å². The van der Waals surface area contributed by atoms with Gasteiger partial charge in [-0.2, -0.15) is 0 Å². The van der Waals surface area contributed by atoms with E-state index in [1.54, 1.807) is 17.0 Å². The topological polar surface area (TPSA) is 51.7 Å². The van der Waals surface area contributed by atoms with Crippen LogP contribution in [0.3, 0.4) is 0 Å². The van der Waals surface area contributed by atoms with Crippen molar-refractivity contribution in [3.63, 3.8) is 0 Å². The van der Waals surface area contributed by atoms with Gasteiger partial charge < -0.3 is 14.4 Å². The van der Waals surface area contributed by atoms with E-state index in [1.165, 1.54) is 12.1 Å². The smallest absolute Gasteiger partial charge is 0.410 e. The third-order valence-corrected chi connectivity index (χ3v) is 5.77. The summed E-state index contributed by atoms with van der Waals surface area (Å²) < 4.78 is 24.3. The summed E-state index contributed by atoms with van der Waals surface area (Å²) in [6.07, 6.45) is 2.56. The Balaban J connectivity index is 1.33. The van der Waals surface area contributed by atoms with Crippen LogP contribution in [0.15, 0.2) is 66.7 Å². The summed E-state index contributed by atoms with van der Waals surface area (Å²) in [5.74, 6) is 1.48. The summed E-state index contributed by atoms with van der Waals surface area (Å²) >= 11 is 0. The zero-order valence-corrected chi connectivity index (χ0v) is 20.0. The van der Waals surface area contributed by atoms with Crippen LogP contribution in [-0.4, -0.2) is 34.7 Å². The third kappa shape index (κ3) is 6.56. The number of nitrogens with zero attached hydrogens (tertiary/aromatic N) is 2. The Hall–Kier alpha value is -3.41. The van der Waals surface area contributed by atoms with Crippen LogP contribution < -0.4 is 4.74 Å². The van der Waals surface area contributed by atoms with E-state index >= 15 is 0 Å². The first-order valence-corrected chi connectivity index (χ1v) is 11.7. The van der Waals surface area contributed by atoms with E-state index in [1.807, 2.05) is 57.2 Å². The average Bonchev–Trinajstić information content (AvgIpc) is 2.81. The fourth-order valence-electron chi connectivity index (χ4n) is 4.03. The van der Waals surface area contributed by atoms with Crippen molar-refractivity contribution in [1.29, 1.82) is 0 Å². The van der Waals surface area contributed by atoms with Gasteiger partial charge in [0.25, 0.3) is 0 Å². The van der Waals surface area contributed by atoms with E-state index in [-0.39, 0.29) is 11.9 Å². The van der Waals surface area contributed by atoms with Gasteiger partial charge >= 0.3 is 6.09 Å². The first-order valence-electron chi connectivity index (χ1n) is 11.7. The van der Waals surface area contributed by atoms with Gasteiger partial charge in [0.15, 0.2) is 0 Å². The molecule has 0 bridgehead atoms. The lowest BCUT2D eigenvalue weighted by Crippen LogP contribution is -2.42. The van der Waals surface area contributed by atoms with Crippen LogP contribution in [0.4, 0.5) is 9.18 Å². The molecule has 1 aliphatic rings. The Kier molecular flexibility index (Phi) is 7.15. The van der Waals surface area contributed by atoms with Gasteiger partial charge in [-0.1, -0.05) is 6.07 Å². The van der Waals surface area contributed by atoms with Crippen molar-refractivity contribution in [2.24, 2.45) is 5.92 Å². The first kappa shape index (κ1) is 23.7. The van der Waals surface area contributed by atoms with E-state index in [2.05, 4.69) is 6.07 Å². The Morgan fingerprint density at radius 1 is 0.971 bits per heavy atom. The second kappa shape index (κ2) is 10.2. The molecular formula is C28H31FN2O3. The molecule has 0 atom stereocenters. The highest BCUT2D eigenvalue weighted by molar-refractivity contribution is 5.68. The molecule has 2 aromatic carbocycles. The molecule has 1 amide bonds. The van der Waals surface area contributed by atoms with Crippen LogP contribution in [0.5, 0.6) is 11.5 Å². The van der Waals surface area contributed by atoms with Gasteiger partial charge in [0.05, 0.1) is 5.69 Å². The zero-order valence-electron chi connectivity index (χ0n) is 20.0. The molecule has 5 nitrogen and oxygen atoms in total. The number of hydrogen-bond acceptors (Lipinski definition) is 4. The van der Waals surface area contributed by atoms with E-state index < -0.39 is 5.60 Å². The minimum atomic E-state index is -0.469. The fraction of sp³-hybridized carbons (Fsp3) is 0.357. The number of aromatic nitrogens is 1. The minimum absolute atomic E-state index is 0.224. The number of likely N-dealkylation sites (tertiary alicyclic amines) is 1. The Morgan fingerprint density at radius 3 is 2.21 bits per heavy atom. The molecule has 1 saturated heterocycles. The first-order chi connectivity index (χ1) is 16.2. The molecular weight excluding hydrogens is 431 g/mol. The summed E-state index contributed by atoms with van der Waals surface area (Å²) in [7, 11) is 0. The third-order valence-electron chi connectivity index (χ3n) is 5.77. The Labute approximate surface area is 200 Å². The molecule has 2 heterocycles. The largest absolute Gasteiger partial charge is 0.457 e. The summed E-state index contributed by atoms with van der Waals surface area (Å²) in [6, 6.07) is 19.8. The maximum absolute atomic E-state index is 13.1. The standard InChI is InChI=1S/C28H31FN2O3/c1-28(2,3)34-27(32)31-17-15-20(16-18-31)19-23-5-4-6-26(30-23)21-7-11-24(12-8-21)33-25-13-9-22(29)10-14-25/h4-14,20H,15-19H2,1-3H3. The van der Waals surface area contributed by atoms with Crippen LogP contribution in [0.25, 0.3) is 11.3 Å². The average molecular weight is 463 g/mol. The van der Waals surface area contributed by atoms with Crippen molar-refractivity contribution in [3.05, 3.63) is 78.2 Å². The molecule has 1 aliphatic heterocycles. The van der Waals surface area contributed by atoms with Gasteiger partial charge in [-0.3, -0.25) is 4.98 Å². The van der Waals surface area contributed by atoms with Gasteiger partial charge in [0, 0.05) is 24.3 Å². The van der Waals surface area contributed by atoms with Gasteiger partial charge in [-0.15, -0.1) is 0 Å². The van der Waals surface area contributed by atoms with Crippen molar-refractivity contribution >= 4 is 6.09 Å². The van der Waals surface area contributed by atoms with Crippen LogP contribution in [0, 0.1) is 11.7 Å². The molecule has 6 heteroatoms. The molecule has 1 aromatic heterocycles. The predicted molar refractivity (Wildman–Crippen MR) is 130 cm³/mol. The van der Waals surface area contributed by atoms with Crippen LogP contribution in [0.1, 0.15) is 39.3 Å². The summed E-state index contributed by atoms with van der Waals surface area (Å²) in [5, 5.41) is 0. The molecule has 0 aliphatic carbocycles. The van der Waals surface area contributed by atoms with Crippen molar-refractivity contribution in [1.82, 2.24) is 9.88 Å². The molecule has 0 spiro atoms. The minimum Gasteiger partial charge on any atom is -0.457 e. The Morgan fingerprint density at radius 2 is 1.59 bits per heavy atom. The molecule has 34 heavy (non-hydrogen) atoms. The maximum atomic E-state index is 13.1. The van der Waals surface area contributed by atoms with E-state index in [0.717, 1.165) is 49.3 Å². The van der Waals surface area contributed by atoms with E-state index in [9.17, 15) is 9.18 Å². The molecule has 4 rings (SSSR count). The maximum Gasteiger partial charge on any atom is 0.410 e. The number of carbonyl (C=O) groups is 1. The normalized spacial score (nSPS) is 14.6. The molecule has 178 valence electrons. The lowest BCUT2D eigenvalue weighted by Gasteiger charge is -2.33. The number of halogens is 1. The number of carbonyl (C=O) groups excluding carboxylic acids is 1. The number of hydrogen-bond donors (Lipinski definition) is 0. The van der Waals surface area contributed by atoms with Crippen molar-refractivity contribution in [2.75, 3.05) is 13.1 Å². The van der Waals surface area contributed by atoms with Crippen LogP contribution in [0.2, 0.25) is 0 Å². The molecule has 0 unspecified atom stereocenters. The molecule has 3 aromatic rings. The quantitative estimate of drug-likeness (QED) is 0.415. The second-order valence-corrected chi connectivity index (χ2v) is 9.71. The SMILES string of the molecule is CC(C)(C)OC(=O)N1CCC(Cc2cccc(-c3ccc(Oc4ccc(F)cc4)cc3)n2)CC1. The number of pyridine rings is 1. The summed E-state index contributed by atoms with van der Waals surface area (Å²) in [6.45, 7) is 7.11. The lowest BCUT2D eigenvalue weighted by molar-refractivity contribution is 0.0184. The highest BCUT2D eigenvalue weighted by Gasteiger charge is 2.27. The highest BCUT2D eigenvalue weighted by atomic mass is 19.1. The summed E-state index contributed by atoms with van der Waals surface area (Å²) in [5.41, 5.74) is 2.51. The number of rotatable bonds is 5. The van der Waals surface area contributed by atoms with Gasteiger partial charge in [-0.25, -0.2) is 9.18 Å². The number of amides is 1. The van der Waals surface area contributed by atoms with Crippen molar-refractivity contribution in [2.45, 2.75) is 45.6 Å². The van der Waals surface area contributed by atoms with Crippen molar-refractivity contribution in [3.8, 4) is 22.8 Å². The molecule has 1 fully saturated rings. The van der Waals surface area contributed by atoms with Gasteiger partial charge in [0.1, 0.15) is 22.9 Å². The zero-order chi connectivity index (χ0) is 24.1. The number of piperidine rings is 1. The van der Waals surface area contributed by atoms with Crippen LogP contribution in [-0.2, 0) is 11.2 Å². The lowest BCUT2D eigenvalue weighted by atomic mass is 9.92. The number of ether oxygens (including phenoxy) is 2. The van der Waals surface area contributed by atoms with Crippen LogP contribution >= 0.6 is 0 Å².